The summed E-state index contributed by atoms with van der Waals surface area (Å²) in [5.74, 6) is -0.812. The molecule has 2 unspecified atom stereocenters. The molecule has 208 valence electrons. The Balaban J connectivity index is 1.79. The Labute approximate surface area is 222 Å². The normalized spacial score (nSPS) is 32.3. The predicted octanol–water partition coefficient (Wildman–Crippen LogP) is 5.98. The van der Waals surface area contributed by atoms with Crippen LogP contribution >= 0.6 is 0 Å². The quantitative estimate of drug-likeness (QED) is 0.309. The molecule has 0 aromatic carbocycles. The average Bonchev–Trinajstić information content (AvgIpc) is 3.16. The van der Waals surface area contributed by atoms with Gasteiger partial charge in [-0.25, -0.2) is 0 Å². The highest BCUT2D eigenvalue weighted by molar-refractivity contribution is 5.73. The third kappa shape index (κ3) is 7.57. The minimum absolute atomic E-state index is 0.0700. The molecule has 0 amide bonds. The van der Waals surface area contributed by atoms with Crippen LogP contribution in [0.1, 0.15) is 98.3 Å². The summed E-state index contributed by atoms with van der Waals surface area (Å²) in [6.45, 7) is 12.1. The van der Waals surface area contributed by atoms with Gasteiger partial charge < -0.3 is 20.1 Å². The molecule has 0 aromatic heterocycles. The molecule has 6 nitrogen and oxygen atoms in total. The van der Waals surface area contributed by atoms with Crippen molar-refractivity contribution in [1.29, 1.82) is 0 Å². The molecule has 3 N–H and O–H groups in total. The molecule has 3 aliphatic carbocycles. The average molecular weight is 517 g/mol. The Morgan fingerprint density at radius 1 is 1.22 bits per heavy atom. The van der Waals surface area contributed by atoms with Crippen molar-refractivity contribution in [2.75, 3.05) is 6.61 Å². The van der Waals surface area contributed by atoms with E-state index in [0.717, 1.165) is 56.1 Å². The van der Waals surface area contributed by atoms with Gasteiger partial charge in [-0.1, -0.05) is 43.7 Å². The number of carbonyl (C=O) groups excluding carboxylic acids is 1. The van der Waals surface area contributed by atoms with E-state index in [4.69, 9.17) is 9.84 Å². The molecule has 0 radical (unpaired) electrons. The third-order valence-electron chi connectivity index (χ3n) is 9.43. The van der Waals surface area contributed by atoms with Gasteiger partial charge in [0.2, 0.25) is 0 Å². The molecule has 0 aromatic rings. The molecule has 3 fully saturated rings. The maximum Gasteiger partial charge on any atom is 0.309 e. The van der Waals surface area contributed by atoms with E-state index in [1.807, 2.05) is 0 Å². The van der Waals surface area contributed by atoms with Gasteiger partial charge in [-0.3, -0.25) is 9.59 Å². The van der Waals surface area contributed by atoms with E-state index in [-0.39, 0.29) is 42.4 Å². The van der Waals surface area contributed by atoms with E-state index in [1.54, 1.807) is 13.8 Å². The first-order chi connectivity index (χ1) is 17.3. The maximum atomic E-state index is 13.2. The number of hydrogen-bond donors (Lipinski definition) is 3. The van der Waals surface area contributed by atoms with Gasteiger partial charge in [0.1, 0.15) is 6.61 Å². The highest BCUT2D eigenvalue weighted by atomic mass is 16.5. The number of rotatable bonds is 10. The Kier molecular flexibility index (Phi) is 9.85. The molecule has 0 saturated heterocycles. The van der Waals surface area contributed by atoms with Crippen molar-refractivity contribution in [3.05, 3.63) is 35.5 Å². The van der Waals surface area contributed by atoms with E-state index >= 15 is 0 Å². The fourth-order valence-electron chi connectivity index (χ4n) is 7.27. The second kappa shape index (κ2) is 12.3. The molecule has 3 rings (SSSR count). The second-order valence-electron chi connectivity index (χ2n) is 12.7. The number of allylic oxidation sites excluding steroid dienone is 4. The monoisotopic (exact) mass is 516 g/mol. The molecule has 0 spiro atoms. The van der Waals surface area contributed by atoms with Crippen LogP contribution in [0.2, 0.25) is 0 Å². The maximum absolute atomic E-state index is 13.2. The summed E-state index contributed by atoms with van der Waals surface area (Å²) >= 11 is 0. The number of aliphatic hydroxyl groups excluding tert-OH is 1. The minimum Gasteiger partial charge on any atom is -0.481 e. The number of aliphatic carboxylic acids is 1. The van der Waals surface area contributed by atoms with Crippen molar-refractivity contribution in [2.45, 2.75) is 110 Å². The molecule has 6 atom stereocenters. The van der Waals surface area contributed by atoms with Crippen LogP contribution in [0.5, 0.6) is 0 Å². The number of esters is 1. The Bertz CT molecular complexity index is 909. The van der Waals surface area contributed by atoms with Crippen molar-refractivity contribution in [3.8, 4) is 0 Å². The molecule has 0 bridgehead atoms. The topological polar surface area (TPSA) is 104 Å². The fourth-order valence-corrected chi connectivity index (χ4v) is 7.27. The molecular weight excluding hydrogens is 468 g/mol. The fraction of sp³-hybridized carbons (Fsp3) is 0.742. The number of fused-ring (bicyclic) bond motifs is 1. The Morgan fingerprint density at radius 3 is 2.62 bits per heavy atom. The number of carboxylic acid groups (broad SMARTS) is 1. The van der Waals surface area contributed by atoms with Gasteiger partial charge in [-0.2, -0.15) is 0 Å². The van der Waals surface area contributed by atoms with Crippen LogP contribution in [0.15, 0.2) is 35.5 Å². The summed E-state index contributed by atoms with van der Waals surface area (Å²) in [5, 5.41) is 29.4. The Hall–Kier alpha value is -1.92. The molecule has 3 aliphatic rings. The lowest BCUT2D eigenvalue weighted by Crippen LogP contribution is -2.40. The van der Waals surface area contributed by atoms with Gasteiger partial charge in [-0.05, 0) is 107 Å². The summed E-state index contributed by atoms with van der Waals surface area (Å²) in [6.07, 6.45) is 12.8. The van der Waals surface area contributed by atoms with Gasteiger partial charge >= 0.3 is 11.9 Å². The van der Waals surface area contributed by atoms with E-state index in [0.29, 0.717) is 31.1 Å². The number of hydrogen-bond acceptors (Lipinski definition) is 5. The van der Waals surface area contributed by atoms with E-state index < -0.39 is 11.6 Å². The van der Waals surface area contributed by atoms with Gasteiger partial charge in [0.15, 0.2) is 0 Å². The Morgan fingerprint density at radius 2 is 1.95 bits per heavy atom. The summed E-state index contributed by atoms with van der Waals surface area (Å²) in [5.41, 5.74) is 2.97. The summed E-state index contributed by atoms with van der Waals surface area (Å²) < 4.78 is 5.43. The predicted molar refractivity (Wildman–Crippen MR) is 145 cm³/mol. The lowest BCUT2D eigenvalue weighted by molar-refractivity contribution is -0.154. The SMILES string of the molecule is C=C1CC[C@H](O)CC1=CC=C1CCC[C@@]2(C)C1CC[C@@H]2[C@H](C)C(CCC(C)(C)O)C(=O)OCCC(=O)O. The third-order valence-corrected chi connectivity index (χ3v) is 9.43. The van der Waals surface area contributed by atoms with Gasteiger partial charge in [0.25, 0.3) is 0 Å². The molecule has 0 aliphatic heterocycles. The van der Waals surface area contributed by atoms with Crippen molar-refractivity contribution < 1.29 is 29.6 Å². The number of carbonyl (C=O) groups is 2. The van der Waals surface area contributed by atoms with Gasteiger partial charge in [-0.15, -0.1) is 0 Å². The highest BCUT2D eigenvalue weighted by Gasteiger charge is 2.52. The van der Waals surface area contributed by atoms with Gasteiger partial charge in [0.05, 0.1) is 24.0 Å². The van der Waals surface area contributed by atoms with Crippen LogP contribution in [0.3, 0.4) is 0 Å². The van der Waals surface area contributed by atoms with E-state index in [1.165, 1.54) is 5.57 Å². The largest absolute Gasteiger partial charge is 0.481 e. The molecule has 6 heteroatoms. The van der Waals surface area contributed by atoms with Gasteiger partial charge in [0, 0.05) is 0 Å². The lowest BCUT2D eigenvalue weighted by atomic mass is 9.59. The first kappa shape index (κ1) is 29.6. The number of carboxylic acids is 1. The second-order valence-corrected chi connectivity index (χ2v) is 12.7. The van der Waals surface area contributed by atoms with Crippen LogP contribution in [-0.2, 0) is 14.3 Å². The number of ether oxygens (including phenoxy) is 1. The van der Waals surface area contributed by atoms with Crippen molar-refractivity contribution in [3.63, 3.8) is 0 Å². The summed E-state index contributed by atoms with van der Waals surface area (Å²) in [7, 11) is 0. The number of aliphatic hydroxyl groups is 2. The summed E-state index contributed by atoms with van der Waals surface area (Å²) in [4.78, 5) is 24.1. The van der Waals surface area contributed by atoms with Crippen LogP contribution in [0, 0.1) is 29.1 Å². The molecular formula is C31H48O6. The first-order valence-corrected chi connectivity index (χ1v) is 14.2. The van der Waals surface area contributed by atoms with E-state index in [2.05, 4.69) is 32.6 Å². The molecule has 37 heavy (non-hydrogen) atoms. The molecule has 0 heterocycles. The smallest absolute Gasteiger partial charge is 0.309 e. The zero-order valence-corrected chi connectivity index (χ0v) is 23.3. The van der Waals surface area contributed by atoms with Crippen molar-refractivity contribution in [1.82, 2.24) is 0 Å². The lowest BCUT2D eigenvalue weighted by Gasteiger charge is -2.45. The van der Waals surface area contributed by atoms with Crippen LogP contribution in [0.4, 0.5) is 0 Å². The van der Waals surface area contributed by atoms with Crippen LogP contribution < -0.4 is 0 Å². The zero-order chi connectivity index (χ0) is 27.4. The summed E-state index contributed by atoms with van der Waals surface area (Å²) in [6, 6.07) is 0. The van der Waals surface area contributed by atoms with Crippen LogP contribution in [-0.4, -0.2) is 45.6 Å². The standard InChI is InChI=1S/C31H48O6/c1-20-8-11-24(32)19-23(20)10-9-22-7-6-16-31(5)26(12-13-27(22)31)21(2)25(14-17-30(3,4)36)29(35)37-18-15-28(33)34/h9-10,21,24-27,32,36H,1,6-8,11-19H2,2-5H3,(H,33,34)/t21-,24+,25?,26-,27?,31-/m1/s1. The minimum atomic E-state index is -0.983. The first-order valence-electron chi connectivity index (χ1n) is 14.2. The van der Waals surface area contributed by atoms with Crippen LogP contribution in [0.25, 0.3) is 0 Å². The molecule has 3 saturated carbocycles. The highest BCUT2D eigenvalue weighted by Crippen LogP contribution is 2.60. The van der Waals surface area contributed by atoms with Crippen molar-refractivity contribution >= 4 is 11.9 Å². The van der Waals surface area contributed by atoms with E-state index in [9.17, 15) is 19.8 Å². The van der Waals surface area contributed by atoms with Crippen molar-refractivity contribution in [2.24, 2.45) is 29.1 Å². The zero-order valence-electron chi connectivity index (χ0n) is 23.3.